The summed E-state index contributed by atoms with van der Waals surface area (Å²) >= 11 is 0. The number of carbonyl (C=O) groups is 1. The summed E-state index contributed by atoms with van der Waals surface area (Å²) in [5.74, 6) is -1.89. The quantitative estimate of drug-likeness (QED) is 0.847. The smallest absolute Gasteiger partial charge is 0.338 e. The van der Waals surface area contributed by atoms with E-state index in [1.165, 1.54) is 0 Å². The highest BCUT2D eigenvalue weighted by Crippen LogP contribution is 2.40. The fraction of sp³-hybridized carbons (Fsp3) is 0.857. The van der Waals surface area contributed by atoms with Crippen molar-refractivity contribution in [1.82, 2.24) is 5.32 Å². The number of hydrogen-bond acceptors (Lipinski definition) is 2. The molecule has 20 heavy (non-hydrogen) atoms. The molecular formula is C14H19F3N2O. The summed E-state index contributed by atoms with van der Waals surface area (Å²) in [4.78, 5) is 12.1. The van der Waals surface area contributed by atoms with Gasteiger partial charge in [-0.05, 0) is 51.4 Å². The van der Waals surface area contributed by atoms with E-state index in [2.05, 4.69) is 11.4 Å². The number of nitrogens with one attached hydrogen (secondary N) is 1. The summed E-state index contributed by atoms with van der Waals surface area (Å²) < 4.78 is 37.7. The lowest BCUT2D eigenvalue weighted by molar-refractivity contribution is -0.184. The van der Waals surface area contributed by atoms with E-state index in [-0.39, 0.29) is 37.5 Å². The Bertz CT molecular complexity index is 400. The highest BCUT2D eigenvalue weighted by atomic mass is 19.4. The highest BCUT2D eigenvalue weighted by molar-refractivity contribution is 5.80. The Kier molecular flexibility index (Phi) is 4.26. The molecule has 1 N–H and O–H groups in total. The van der Waals surface area contributed by atoms with Crippen LogP contribution < -0.4 is 5.32 Å². The van der Waals surface area contributed by atoms with Gasteiger partial charge in [-0.15, -0.1) is 0 Å². The van der Waals surface area contributed by atoms with E-state index in [0.29, 0.717) is 12.8 Å². The summed E-state index contributed by atoms with van der Waals surface area (Å²) in [6, 6.07) is 2.17. The number of nitriles is 1. The van der Waals surface area contributed by atoms with Gasteiger partial charge in [-0.1, -0.05) is 0 Å². The van der Waals surface area contributed by atoms with Gasteiger partial charge >= 0.3 is 6.18 Å². The molecule has 112 valence electrons. The van der Waals surface area contributed by atoms with Gasteiger partial charge in [-0.25, -0.2) is 0 Å². The molecule has 2 aliphatic carbocycles. The van der Waals surface area contributed by atoms with Crippen LogP contribution in [0, 0.1) is 23.2 Å². The van der Waals surface area contributed by atoms with Crippen molar-refractivity contribution in [3.63, 3.8) is 0 Å². The van der Waals surface area contributed by atoms with E-state index in [4.69, 9.17) is 0 Å². The van der Waals surface area contributed by atoms with Gasteiger partial charge in [0.2, 0.25) is 5.91 Å². The van der Waals surface area contributed by atoms with Crippen LogP contribution in [0.4, 0.5) is 13.2 Å². The molecule has 6 heteroatoms. The number of carbonyl (C=O) groups excluding carboxylic acids is 1. The molecule has 0 saturated heterocycles. The standard InChI is InChI=1S/C14H19F3N2O/c15-14(16,17)11-5-3-10(4-6-11)12(20)19-13(9-18)7-1-2-8-13/h10-11H,1-8H2,(H,19,20). The summed E-state index contributed by atoms with van der Waals surface area (Å²) in [6.45, 7) is 0. The molecule has 0 aromatic heterocycles. The molecular weight excluding hydrogens is 269 g/mol. The number of amides is 1. The van der Waals surface area contributed by atoms with Gasteiger partial charge in [0.15, 0.2) is 0 Å². The van der Waals surface area contributed by atoms with Crippen LogP contribution in [0.1, 0.15) is 51.4 Å². The topological polar surface area (TPSA) is 52.9 Å². The molecule has 2 fully saturated rings. The molecule has 0 spiro atoms. The predicted octanol–water partition coefficient (Wildman–Crippen LogP) is 3.31. The molecule has 0 aromatic rings. The molecule has 0 bridgehead atoms. The molecule has 0 heterocycles. The Balaban J connectivity index is 1.88. The van der Waals surface area contributed by atoms with Crippen LogP contribution in [0.25, 0.3) is 0 Å². The van der Waals surface area contributed by atoms with Crippen molar-refractivity contribution < 1.29 is 18.0 Å². The third-order valence-corrected chi connectivity index (χ3v) is 4.59. The van der Waals surface area contributed by atoms with Gasteiger partial charge < -0.3 is 5.32 Å². The molecule has 2 rings (SSSR count). The van der Waals surface area contributed by atoms with Crippen LogP contribution >= 0.6 is 0 Å². The van der Waals surface area contributed by atoms with E-state index in [0.717, 1.165) is 12.8 Å². The minimum atomic E-state index is -4.15. The largest absolute Gasteiger partial charge is 0.391 e. The zero-order valence-corrected chi connectivity index (χ0v) is 11.3. The van der Waals surface area contributed by atoms with E-state index < -0.39 is 17.6 Å². The Morgan fingerprint density at radius 3 is 2.15 bits per heavy atom. The zero-order valence-electron chi connectivity index (χ0n) is 11.3. The van der Waals surface area contributed by atoms with E-state index in [9.17, 15) is 23.2 Å². The fourth-order valence-corrected chi connectivity index (χ4v) is 3.26. The van der Waals surface area contributed by atoms with Gasteiger partial charge in [0.05, 0.1) is 12.0 Å². The first-order valence-corrected chi connectivity index (χ1v) is 7.16. The van der Waals surface area contributed by atoms with Crippen molar-refractivity contribution >= 4 is 5.91 Å². The SMILES string of the molecule is N#CC1(NC(=O)C2CCC(C(F)(F)F)CC2)CCCC1. The van der Waals surface area contributed by atoms with Crippen LogP contribution in [0.5, 0.6) is 0 Å². The number of alkyl halides is 3. The van der Waals surface area contributed by atoms with Crippen LogP contribution in [-0.4, -0.2) is 17.6 Å². The molecule has 0 radical (unpaired) electrons. The van der Waals surface area contributed by atoms with Crippen molar-refractivity contribution in [3.05, 3.63) is 0 Å². The van der Waals surface area contributed by atoms with Crippen molar-refractivity contribution in [2.45, 2.75) is 63.1 Å². The van der Waals surface area contributed by atoms with Gasteiger partial charge in [-0.3, -0.25) is 4.79 Å². The second-order valence-corrected chi connectivity index (χ2v) is 5.98. The molecule has 2 aliphatic rings. The van der Waals surface area contributed by atoms with Crippen LogP contribution in [-0.2, 0) is 4.79 Å². The van der Waals surface area contributed by atoms with Gasteiger partial charge in [0, 0.05) is 5.92 Å². The molecule has 0 unspecified atom stereocenters. The average Bonchev–Trinajstić information content (AvgIpc) is 2.87. The maximum Gasteiger partial charge on any atom is 0.391 e. The van der Waals surface area contributed by atoms with Gasteiger partial charge in [0.1, 0.15) is 5.54 Å². The van der Waals surface area contributed by atoms with Gasteiger partial charge in [0.25, 0.3) is 0 Å². The number of nitrogens with zero attached hydrogens (tertiary/aromatic N) is 1. The lowest BCUT2D eigenvalue weighted by Crippen LogP contribution is -2.48. The molecule has 2 saturated carbocycles. The molecule has 0 aliphatic heterocycles. The fourth-order valence-electron chi connectivity index (χ4n) is 3.26. The first-order valence-electron chi connectivity index (χ1n) is 7.16. The summed E-state index contributed by atoms with van der Waals surface area (Å²) in [5, 5.41) is 12.0. The molecule has 0 aromatic carbocycles. The summed E-state index contributed by atoms with van der Waals surface area (Å²) in [5.41, 5.74) is -0.780. The predicted molar refractivity (Wildman–Crippen MR) is 66.5 cm³/mol. The van der Waals surface area contributed by atoms with Crippen molar-refractivity contribution in [3.8, 4) is 6.07 Å². The molecule has 0 atom stereocenters. The highest BCUT2D eigenvalue weighted by Gasteiger charge is 2.43. The normalized spacial score (nSPS) is 29.7. The lowest BCUT2D eigenvalue weighted by atomic mass is 9.81. The van der Waals surface area contributed by atoms with Crippen LogP contribution in [0.3, 0.4) is 0 Å². The first kappa shape index (κ1) is 15.1. The third kappa shape index (κ3) is 3.25. The second-order valence-electron chi connectivity index (χ2n) is 5.98. The van der Waals surface area contributed by atoms with Gasteiger partial charge in [-0.2, -0.15) is 18.4 Å². The molecule has 3 nitrogen and oxygen atoms in total. The molecule has 1 amide bonds. The lowest BCUT2D eigenvalue weighted by Gasteiger charge is -2.31. The van der Waals surface area contributed by atoms with E-state index >= 15 is 0 Å². The number of rotatable bonds is 2. The average molecular weight is 288 g/mol. The zero-order chi connectivity index (χ0) is 14.8. The maximum absolute atomic E-state index is 12.6. The Morgan fingerprint density at radius 1 is 1.15 bits per heavy atom. The van der Waals surface area contributed by atoms with E-state index in [1.54, 1.807) is 0 Å². The third-order valence-electron chi connectivity index (χ3n) is 4.59. The van der Waals surface area contributed by atoms with E-state index in [1.807, 2.05) is 0 Å². The Morgan fingerprint density at radius 2 is 1.70 bits per heavy atom. The van der Waals surface area contributed by atoms with Crippen LogP contribution in [0.2, 0.25) is 0 Å². The van der Waals surface area contributed by atoms with Crippen molar-refractivity contribution in [2.75, 3.05) is 0 Å². The second kappa shape index (κ2) is 5.63. The number of halogens is 3. The summed E-state index contributed by atoms with van der Waals surface area (Å²) in [6.07, 6.45) is -0.484. The Hall–Kier alpha value is -1.25. The summed E-state index contributed by atoms with van der Waals surface area (Å²) in [7, 11) is 0. The maximum atomic E-state index is 12.6. The number of hydrogen-bond donors (Lipinski definition) is 1. The van der Waals surface area contributed by atoms with Crippen LogP contribution in [0.15, 0.2) is 0 Å². The minimum Gasteiger partial charge on any atom is -0.338 e. The minimum absolute atomic E-state index is 0.0150. The van der Waals surface area contributed by atoms with Crippen molar-refractivity contribution in [1.29, 1.82) is 5.26 Å². The first-order chi connectivity index (χ1) is 9.36. The Labute approximate surface area is 116 Å². The van der Waals surface area contributed by atoms with Crippen molar-refractivity contribution in [2.24, 2.45) is 11.8 Å². The monoisotopic (exact) mass is 288 g/mol.